The minimum atomic E-state index is -0.561. The minimum Gasteiger partial charge on any atom is -0.481 e. The van der Waals surface area contributed by atoms with E-state index in [9.17, 15) is 4.79 Å². The molecule has 0 saturated carbocycles. The Kier molecular flexibility index (Phi) is 5.18. The van der Waals surface area contributed by atoms with Crippen LogP contribution >= 0.6 is 11.3 Å². The molecule has 5 nitrogen and oxygen atoms in total. The first-order valence-corrected chi connectivity index (χ1v) is 8.53. The highest BCUT2D eigenvalue weighted by Gasteiger charge is 2.19. The van der Waals surface area contributed by atoms with Crippen molar-refractivity contribution in [2.75, 3.05) is 5.32 Å². The van der Waals surface area contributed by atoms with Gasteiger partial charge in [0.2, 0.25) is 0 Å². The molecule has 1 atom stereocenters. The number of aromatic nitrogens is 2. The standard InChI is InChI=1S/C18H17N3O2S/c1-2-16(23-13-8-4-3-5-9-13)17(22)21-18-20-15(12-24-18)14-10-6-7-11-19-14/h3-12,16H,2H2,1H3,(H,20,21,22). The van der Waals surface area contributed by atoms with Crippen molar-refractivity contribution in [3.05, 3.63) is 60.1 Å². The Bertz CT molecular complexity index is 790. The topological polar surface area (TPSA) is 64.1 Å². The lowest BCUT2D eigenvalue weighted by Crippen LogP contribution is -2.32. The molecule has 0 aliphatic rings. The Labute approximate surface area is 144 Å². The van der Waals surface area contributed by atoms with Crippen molar-refractivity contribution in [3.8, 4) is 17.1 Å². The molecule has 0 aliphatic heterocycles. The van der Waals surface area contributed by atoms with Crippen molar-refractivity contribution >= 4 is 22.4 Å². The number of carbonyl (C=O) groups is 1. The summed E-state index contributed by atoms with van der Waals surface area (Å²) < 4.78 is 5.74. The quantitative estimate of drug-likeness (QED) is 0.737. The van der Waals surface area contributed by atoms with Gasteiger partial charge in [-0.15, -0.1) is 11.3 Å². The molecule has 0 fully saturated rings. The van der Waals surface area contributed by atoms with Crippen LogP contribution in [-0.2, 0) is 4.79 Å². The monoisotopic (exact) mass is 339 g/mol. The van der Waals surface area contributed by atoms with Crippen LogP contribution in [0, 0.1) is 0 Å². The SMILES string of the molecule is CCC(Oc1ccccc1)C(=O)Nc1nc(-c2ccccn2)cs1. The predicted molar refractivity (Wildman–Crippen MR) is 95.1 cm³/mol. The molecule has 0 bridgehead atoms. The second-order valence-corrected chi connectivity index (χ2v) is 5.93. The summed E-state index contributed by atoms with van der Waals surface area (Å²) in [5, 5.41) is 5.23. The van der Waals surface area contributed by atoms with Gasteiger partial charge in [0.1, 0.15) is 11.4 Å². The zero-order valence-corrected chi connectivity index (χ0v) is 14.0. The molecular formula is C18H17N3O2S. The number of pyridine rings is 1. The Morgan fingerprint density at radius 3 is 2.67 bits per heavy atom. The molecule has 0 radical (unpaired) electrons. The van der Waals surface area contributed by atoms with Gasteiger partial charge >= 0.3 is 0 Å². The highest BCUT2D eigenvalue weighted by Crippen LogP contribution is 2.23. The number of nitrogens with one attached hydrogen (secondary N) is 1. The van der Waals surface area contributed by atoms with E-state index in [1.165, 1.54) is 11.3 Å². The van der Waals surface area contributed by atoms with Gasteiger partial charge in [-0.3, -0.25) is 15.1 Å². The van der Waals surface area contributed by atoms with Crippen LogP contribution in [-0.4, -0.2) is 22.0 Å². The number of thiazole rings is 1. The molecule has 1 unspecified atom stereocenters. The van der Waals surface area contributed by atoms with E-state index in [-0.39, 0.29) is 5.91 Å². The van der Waals surface area contributed by atoms with E-state index in [2.05, 4.69) is 15.3 Å². The Morgan fingerprint density at radius 1 is 1.17 bits per heavy atom. The number of para-hydroxylation sites is 1. The molecule has 0 spiro atoms. The fraction of sp³-hybridized carbons (Fsp3) is 0.167. The third-order valence-electron chi connectivity index (χ3n) is 3.35. The zero-order valence-electron chi connectivity index (χ0n) is 13.2. The van der Waals surface area contributed by atoms with Crippen molar-refractivity contribution in [2.45, 2.75) is 19.4 Å². The first kappa shape index (κ1) is 16.1. The van der Waals surface area contributed by atoms with Crippen LogP contribution in [0.4, 0.5) is 5.13 Å². The van der Waals surface area contributed by atoms with E-state index >= 15 is 0 Å². The number of carbonyl (C=O) groups excluding carboxylic acids is 1. The third kappa shape index (κ3) is 3.97. The summed E-state index contributed by atoms with van der Waals surface area (Å²) in [7, 11) is 0. The normalized spacial score (nSPS) is 11.7. The highest BCUT2D eigenvalue weighted by atomic mass is 32.1. The lowest BCUT2D eigenvalue weighted by Gasteiger charge is -2.16. The van der Waals surface area contributed by atoms with Gasteiger partial charge in [-0.1, -0.05) is 31.2 Å². The summed E-state index contributed by atoms with van der Waals surface area (Å²) in [6, 6.07) is 15.0. The van der Waals surface area contributed by atoms with Crippen LogP contribution in [0.2, 0.25) is 0 Å². The maximum absolute atomic E-state index is 12.4. The maximum atomic E-state index is 12.4. The van der Waals surface area contributed by atoms with Gasteiger partial charge in [-0.25, -0.2) is 4.98 Å². The van der Waals surface area contributed by atoms with Gasteiger partial charge in [0, 0.05) is 11.6 Å². The summed E-state index contributed by atoms with van der Waals surface area (Å²) in [6.45, 7) is 1.91. The first-order chi connectivity index (χ1) is 11.8. The number of rotatable bonds is 6. The van der Waals surface area contributed by atoms with Gasteiger partial charge in [0.15, 0.2) is 11.2 Å². The van der Waals surface area contributed by atoms with Crippen LogP contribution in [0.15, 0.2) is 60.1 Å². The van der Waals surface area contributed by atoms with E-state index in [1.807, 2.05) is 60.8 Å². The number of nitrogens with zero attached hydrogens (tertiary/aromatic N) is 2. The molecule has 0 saturated heterocycles. The summed E-state index contributed by atoms with van der Waals surface area (Å²) in [6.07, 6.45) is 1.72. The Hall–Kier alpha value is -2.73. The summed E-state index contributed by atoms with van der Waals surface area (Å²) in [5.74, 6) is 0.469. The van der Waals surface area contributed by atoms with Gasteiger partial charge in [0.25, 0.3) is 5.91 Å². The van der Waals surface area contributed by atoms with Crippen molar-refractivity contribution < 1.29 is 9.53 Å². The maximum Gasteiger partial charge on any atom is 0.267 e. The molecule has 2 heterocycles. The van der Waals surface area contributed by atoms with E-state index in [0.717, 1.165) is 11.4 Å². The second kappa shape index (κ2) is 7.70. The summed E-state index contributed by atoms with van der Waals surface area (Å²) in [5.41, 5.74) is 1.52. The molecule has 3 aromatic rings. The number of benzene rings is 1. The lowest BCUT2D eigenvalue weighted by atomic mass is 10.2. The van der Waals surface area contributed by atoms with Crippen LogP contribution in [0.3, 0.4) is 0 Å². The van der Waals surface area contributed by atoms with Crippen molar-refractivity contribution in [3.63, 3.8) is 0 Å². The van der Waals surface area contributed by atoms with E-state index in [1.54, 1.807) is 6.20 Å². The van der Waals surface area contributed by atoms with E-state index in [4.69, 9.17) is 4.74 Å². The number of ether oxygens (including phenoxy) is 1. The predicted octanol–water partition coefficient (Wildman–Crippen LogP) is 4.00. The molecule has 2 aromatic heterocycles. The first-order valence-electron chi connectivity index (χ1n) is 7.65. The molecule has 1 aromatic carbocycles. The smallest absolute Gasteiger partial charge is 0.267 e. The number of hydrogen-bond donors (Lipinski definition) is 1. The number of amides is 1. The molecule has 24 heavy (non-hydrogen) atoms. The Morgan fingerprint density at radius 2 is 1.96 bits per heavy atom. The van der Waals surface area contributed by atoms with Crippen LogP contribution in [0.5, 0.6) is 5.75 Å². The van der Waals surface area contributed by atoms with Crippen LogP contribution < -0.4 is 10.1 Å². The molecule has 6 heteroatoms. The Balaban J connectivity index is 1.66. The van der Waals surface area contributed by atoms with Gasteiger partial charge in [-0.2, -0.15) is 0 Å². The lowest BCUT2D eigenvalue weighted by molar-refractivity contribution is -0.122. The van der Waals surface area contributed by atoms with Crippen molar-refractivity contribution in [1.29, 1.82) is 0 Å². The van der Waals surface area contributed by atoms with E-state index in [0.29, 0.717) is 17.3 Å². The average molecular weight is 339 g/mol. The van der Waals surface area contributed by atoms with Gasteiger partial charge < -0.3 is 4.74 Å². The fourth-order valence-electron chi connectivity index (χ4n) is 2.13. The third-order valence-corrected chi connectivity index (χ3v) is 4.10. The second-order valence-electron chi connectivity index (χ2n) is 5.07. The fourth-order valence-corrected chi connectivity index (χ4v) is 2.84. The molecule has 1 N–H and O–H groups in total. The highest BCUT2D eigenvalue weighted by molar-refractivity contribution is 7.14. The van der Waals surface area contributed by atoms with Crippen molar-refractivity contribution in [1.82, 2.24) is 9.97 Å². The molecule has 122 valence electrons. The number of hydrogen-bond acceptors (Lipinski definition) is 5. The summed E-state index contributed by atoms with van der Waals surface area (Å²) in [4.78, 5) is 21.1. The zero-order chi connectivity index (χ0) is 16.8. The average Bonchev–Trinajstić information content (AvgIpc) is 3.09. The van der Waals surface area contributed by atoms with Crippen LogP contribution in [0.25, 0.3) is 11.4 Å². The minimum absolute atomic E-state index is 0.205. The molecule has 0 aliphatic carbocycles. The summed E-state index contributed by atoms with van der Waals surface area (Å²) >= 11 is 1.37. The van der Waals surface area contributed by atoms with Crippen molar-refractivity contribution in [2.24, 2.45) is 0 Å². The molecule has 3 rings (SSSR count). The van der Waals surface area contributed by atoms with Crippen LogP contribution in [0.1, 0.15) is 13.3 Å². The van der Waals surface area contributed by atoms with E-state index < -0.39 is 6.10 Å². The van der Waals surface area contributed by atoms with Gasteiger partial charge in [0.05, 0.1) is 5.69 Å². The number of anilines is 1. The molecule has 1 amide bonds. The molecular weight excluding hydrogens is 322 g/mol. The van der Waals surface area contributed by atoms with Gasteiger partial charge in [-0.05, 0) is 30.7 Å². The largest absolute Gasteiger partial charge is 0.481 e.